The van der Waals surface area contributed by atoms with Crippen LogP contribution in [-0.2, 0) is 17.9 Å². The van der Waals surface area contributed by atoms with Crippen molar-refractivity contribution in [3.63, 3.8) is 0 Å². The number of H-pyrrole nitrogens is 1. The number of hydrogen-bond acceptors (Lipinski definition) is 7. The number of carbonyl (C=O) groups excluding carboxylic acids is 3. The molecule has 3 heterocycles. The largest absolute Gasteiger partial charge is 0.484 e. The fourth-order valence-corrected chi connectivity index (χ4v) is 4.45. The second kappa shape index (κ2) is 10.4. The molecule has 3 amide bonds. The lowest BCUT2D eigenvalue weighted by molar-refractivity contribution is -0.126. The SMILES string of the molecule is CCCn1c(=O)c2[nH]c(-c3ccc(OCC(=O)NN4C(=O)c5ccccc5C4=O)cc3)nc2n(CCC)c1=O. The van der Waals surface area contributed by atoms with Crippen LogP contribution >= 0.6 is 0 Å². The van der Waals surface area contributed by atoms with Gasteiger partial charge >= 0.3 is 5.69 Å². The topological polar surface area (TPSA) is 148 Å². The number of ether oxygens (including phenoxy) is 1. The first-order chi connectivity index (χ1) is 18.8. The summed E-state index contributed by atoms with van der Waals surface area (Å²) in [5, 5.41) is 0.674. The Labute approximate surface area is 221 Å². The number of imide groups is 1. The van der Waals surface area contributed by atoms with E-state index in [4.69, 9.17) is 4.74 Å². The molecule has 4 aromatic rings. The Bertz CT molecular complexity index is 1680. The van der Waals surface area contributed by atoms with E-state index in [1.54, 1.807) is 36.4 Å². The molecule has 1 aliphatic rings. The van der Waals surface area contributed by atoms with Crippen LogP contribution in [0.15, 0.2) is 58.1 Å². The van der Waals surface area contributed by atoms with Gasteiger partial charge < -0.3 is 9.72 Å². The molecule has 0 bridgehead atoms. The first kappa shape index (κ1) is 25.6. The van der Waals surface area contributed by atoms with Gasteiger partial charge in [0.25, 0.3) is 23.3 Å². The minimum atomic E-state index is -0.678. The van der Waals surface area contributed by atoms with Crippen LogP contribution in [0.2, 0.25) is 0 Å². The van der Waals surface area contributed by atoms with Crippen molar-refractivity contribution < 1.29 is 19.1 Å². The Morgan fingerprint density at radius 2 is 1.51 bits per heavy atom. The van der Waals surface area contributed by atoms with Gasteiger partial charge in [-0.25, -0.2) is 9.78 Å². The van der Waals surface area contributed by atoms with Gasteiger partial charge in [-0.2, -0.15) is 5.01 Å². The van der Waals surface area contributed by atoms with E-state index in [-0.39, 0.29) is 22.3 Å². The molecule has 2 aromatic carbocycles. The van der Waals surface area contributed by atoms with E-state index >= 15 is 0 Å². The Balaban J connectivity index is 1.29. The molecule has 12 nitrogen and oxygen atoms in total. The molecule has 200 valence electrons. The molecule has 5 rings (SSSR count). The van der Waals surface area contributed by atoms with Crippen molar-refractivity contribution in [2.45, 2.75) is 39.8 Å². The third-order valence-electron chi connectivity index (χ3n) is 6.28. The van der Waals surface area contributed by atoms with Crippen molar-refractivity contribution in [1.29, 1.82) is 0 Å². The van der Waals surface area contributed by atoms with Crippen LogP contribution in [0.25, 0.3) is 22.6 Å². The fourth-order valence-electron chi connectivity index (χ4n) is 4.45. The minimum Gasteiger partial charge on any atom is -0.484 e. The van der Waals surface area contributed by atoms with Gasteiger partial charge in [0.15, 0.2) is 12.3 Å². The maximum atomic E-state index is 12.9. The lowest BCUT2D eigenvalue weighted by atomic mass is 10.1. The molecular weight excluding hydrogens is 504 g/mol. The molecule has 12 heteroatoms. The summed E-state index contributed by atoms with van der Waals surface area (Å²) in [5.41, 5.74) is 3.15. The first-order valence-electron chi connectivity index (χ1n) is 12.6. The standard InChI is InChI=1S/C27H26N6O6/c1-3-13-31-23-21(26(37)32(14-4-2)27(31)38)28-22(29-23)16-9-11-17(12-10-16)39-15-20(34)30-33-24(35)18-7-5-6-8-19(18)25(33)36/h5-12H,3-4,13-15H2,1-2H3,(H,28,29)(H,30,34). The molecule has 0 atom stereocenters. The highest BCUT2D eigenvalue weighted by atomic mass is 16.5. The molecule has 0 aliphatic carbocycles. The number of aryl methyl sites for hydroxylation is 1. The van der Waals surface area contributed by atoms with Crippen LogP contribution < -0.4 is 21.4 Å². The van der Waals surface area contributed by atoms with Gasteiger partial charge in [0.2, 0.25) is 0 Å². The molecule has 39 heavy (non-hydrogen) atoms. The highest BCUT2D eigenvalue weighted by Crippen LogP contribution is 2.23. The highest BCUT2D eigenvalue weighted by molar-refractivity contribution is 6.21. The highest BCUT2D eigenvalue weighted by Gasteiger charge is 2.36. The van der Waals surface area contributed by atoms with E-state index in [0.29, 0.717) is 53.7 Å². The maximum absolute atomic E-state index is 12.9. The number of rotatable bonds is 9. The van der Waals surface area contributed by atoms with E-state index in [2.05, 4.69) is 15.4 Å². The maximum Gasteiger partial charge on any atom is 0.332 e. The quantitative estimate of drug-likeness (QED) is 0.315. The van der Waals surface area contributed by atoms with E-state index in [9.17, 15) is 24.0 Å². The number of hydrogen-bond donors (Lipinski definition) is 2. The average molecular weight is 531 g/mol. The third kappa shape index (κ3) is 4.60. The van der Waals surface area contributed by atoms with Gasteiger partial charge in [0.1, 0.15) is 17.1 Å². The van der Waals surface area contributed by atoms with Crippen LogP contribution in [0.3, 0.4) is 0 Å². The monoisotopic (exact) mass is 530 g/mol. The summed E-state index contributed by atoms with van der Waals surface area (Å²) in [6.07, 6.45) is 1.35. The van der Waals surface area contributed by atoms with E-state index in [1.807, 2.05) is 13.8 Å². The first-order valence-corrected chi connectivity index (χ1v) is 12.6. The smallest absolute Gasteiger partial charge is 0.332 e. The lowest BCUT2D eigenvalue weighted by Gasteiger charge is -2.15. The van der Waals surface area contributed by atoms with Gasteiger partial charge in [-0.1, -0.05) is 26.0 Å². The summed E-state index contributed by atoms with van der Waals surface area (Å²) in [6.45, 7) is 4.16. The minimum absolute atomic E-state index is 0.223. The van der Waals surface area contributed by atoms with Gasteiger partial charge in [0.05, 0.1) is 11.1 Å². The molecule has 2 aromatic heterocycles. The molecule has 0 spiro atoms. The zero-order valence-electron chi connectivity index (χ0n) is 21.4. The predicted molar refractivity (Wildman–Crippen MR) is 141 cm³/mol. The van der Waals surface area contributed by atoms with E-state index in [1.165, 1.54) is 21.3 Å². The van der Waals surface area contributed by atoms with Crippen molar-refractivity contribution in [2.75, 3.05) is 6.61 Å². The van der Waals surface area contributed by atoms with Gasteiger partial charge in [-0.05, 0) is 49.2 Å². The van der Waals surface area contributed by atoms with Gasteiger partial charge in [-0.15, -0.1) is 0 Å². The molecule has 2 N–H and O–H groups in total. The Morgan fingerprint density at radius 3 is 2.13 bits per heavy atom. The van der Waals surface area contributed by atoms with Gasteiger partial charge in [0, 0.05) is 18.7 Å². The molecule has 0 fully saturated rings. The Hall–Kier alpha value is -5.00. The van der Waals surface area contributed by atoms with Crippen LogP contribution in [0.5, 0.6) is 5.75 Å². The van der Waals surface area contributed by atoms with Crippen molar-refractivity contribution in [1.82, 2.24) is 29.5 Å². The van der Waals surface area contributed by atoms with Crippen LogP contribution in [0, 0.1) is 0 Å². The second-order valence-electron chi connectivity index (χ2n) is 9.01. The summed E-state index contributed by atoms with van der Waals surface area (Å²) >= 11 is 0. The second-order valence-corrected chi connectivity index (χ2v) is 9.01. The van der Waals surface area contributed by atoms with Crippen LogP contribution in [-0.4, -0.2) is 48.4 Å². The predicted octanol–water partition coefficient (Wildman–Crippen LogP) is 2.08. The molecule has 0 unspecified atom stereocenters. The Morgan fingerprint density at radius 1 is 0.897 bits per heavy atom. The number of aromatic nitrogens is 4. The number of carbonyl (C=O) groups is 3. The molecular formula is C27H26N6O6. The molecule has 0 radical (unpaired) electrons. The zero-order chi connectivity index (χ0) is 27.7. The normalized spacial score (nSPS) is 12.7. The Kier molecular flexibility index (Phi) is 6.84. The third-order valence-corrected chi connectivity index (χ3v) is 6.28. The van der Waals surface area contributed by atoms with Gasteiger partial charge in [-0.3, -0.25) is 33.7 Å². The van der Waals surface area contributed by atoms with Crippen LogP contribution in [0.4, 0.5) is 0 Å². The van der Waals surface area contributed by atoms with Crippen LogP contribution in [0.1, 0.15) is 47.4 Å². The average Bonchev–Trinajstić information content (AvgIpc) is 3.49. The van der Waals surface area contributed by atoms with Crippen molar-refractivity contribution >= 4 is 28.9 Å². The summed E-state index contributed by atoms with van der Waals surface area (Å²) in [5.74, 6) is -1.12. The zero-order valence-corrected chi connectivity index (χ0v) is 21.4. The van der Waals surface area contributed by atoms with E-state index < -0.39 is 29.9 Å². The molecule has 0 saturated carbocycles. The number of hydrazine groups is 1. The number of benzene rings is 2. The molecule has 1 aliphatic heterocycles. The fraction of sp³-hybridized carbons (Fsp3) is 0.259. The van der Waals surface area contributed by atoms with Crippen molar-refractivity contribution in [3.05, 3.63) is 80.5 Å². The molecule has 0 saturated heterocycles. The summed E-state index contributed by atoms with van der Waals surface area (Å²) in [4.78, 5) is 70.6. The number of aromatic amines is 1. The van der Waals surface area contributed by atoms with Crippen molar-refractivity contribution in [2.24, 2.45) is 0 Å². The number of nitrogens with one attached hydrogen (secondary N) is 2. The summed E-state index contributed by atoms with van der Waals surface area (Å²) in [7, 11) is 0. The number of fused-ring (bicyclic) bond motifs is 2. The summed E-state index contributed by atoms with van der Waals surface area (Å²) in [6, 6.07) is 12.9. The number of amides is 3. The number of imidazole rings is 1. The number of nitrogens with zero attached hydrogens (tertiary/aromatic N) is 4. The van der Waals surface area contributed by atoms with E-state index in [0.717, 1.165) is 0 Å². The lowest BCUT2D eigenvalue weighted by Crippen LogP contribution is -2.47. The van der Waals surface area contributed by atoms with Crippen molar-refractivity contribution in [3.8, 4) is 17.1 Å². The summed E-state index contributed by atoms with van der Waals surface area (Å²) < 4.78 is 8.25.